The predicted octanol–water partition coefficient (Wildman–Crippen LogP) is 3.97. The zero-order chi connectivity index (χ0) is 16.4. The van der Waals surface area contributed by atoms with Crippen molar-refractivity contribution < 1.29 is 9.18 Å². The first-order chi connectivity index (χ1) is 11.1. The molecule has 1 aromatic carbocycles. The van der Waals surface area contributed by atoms with Crippen LogP contribution in [0.3, 0.4) is 0 Å². The van der Waals surface area contributed by atoms with Gasteiger partial charge in [-0.05, 0) is 37.1 Å². The van der Waals surface area contributed by atoms with Crippen LogP contribution < -0.4 is 0 Å². The van der Waals surface area contributed by atoms with Crippen molar-refractivity contribution in [3.05, 3.63) is 52.6 Å². The second-order valence-electron chi connectivity index (χ2n) is 5.87. The highest BCUT2D eigenvalue weighted by Crippen LogP contribution is 2.34. The quantitative estimate of drug-likeness (QED) is 0.832. The molecule has 1 fully saturated rings. The minimum atomic E-state index is -0.344. The topological polar surface area (TPSA) is 38.1 Å². The maximum absolute atomic E-state index is 13.1. The second-order valence-corrected chi connectivity index (χ2v) is 6.28. The van der Waals surface area contributed by atoms with Gasteiger partial charge in [-0.3, -0.25) is 9.48 Å². The molecule has 1 saturated heterocycles. The van der Waals surface area contributed by atoms with Crippen molar-refractivity contribution in [2.75, 3.05) is 6.54 Å². The van der Waals surface area contributed by atoms with E-state index < -0.39 is 0 Å². The highest BCUT2D eigenvalue weighted by atomic mass is 35.5. The number of nitrogens with zero attached hydrogens (tertiary/aromatic N) is 3. The molecular weight excluding hydrogens is 317 g/mol. The summed E-state index contributed by atoms with van der Waals surface area (Å²) in [6, 6.07) is 5.60. The molecule has 0 saturated carbocycles. The van der Waals surface area contributed by atoms with Crippen LogP contribution in [0.15, 0.2) is 30.5 Å². The van der Waals surface area contributed by atoms with Gasteiger partial charge in [0.15, 0.2) is 0 Å². The number of aryl methyl sites for hydroxylation is 1. The zero-order valence-electron chi connectivity index (χ0n) is 13.0. The van der Waals surface area contributed by atoms with Gasteiger partial charge in [0.25, 0.3) is 5.91 Å². The Kier molecular flexibility index (Phi) is 4.66. The number of likely N-dealkylation sites (tertiary alicyclic amines) is 1. The van der Waals surface area contributed by atoms with Gasteiger partial charge in [-0.25, -0.2) is 4.39 Å². The number of aromatic nitrogens is 2. The van der Waals surface area contributed by atoms with Gasteiger partial charge in [-0.1, -0.05) is 24.4 Å². The first-order valence-electron chi connectivity index (χ1n) is 7.82. The molecule has 2 aromatic rings. The van der Waals surface area contributed by atoms with E-state index in [-0.39, 0.29) is 17.8 Å². The summed E-state index contributed by atoms with van der Waals surface area (Å²) in [6.07, 6.45) is 5.55. The van der Waals surface area contributed by atoms with Crippen LogP contribution in [0, 0.1) is 5.82 Å². The van der Waals surface area contributed by atoms with Crippen LogP contribution in [-0.4, -0.2) is 27.1 Å². The summed E-state index contributed by atoms with van der Waals surface area (Å²) in [5.74, 6) is -0.433. The summed E-state index contributed by atoms with van der Waals surface area (Å²) in [6.45, 7) is 0.669. The number of carbonyl (C=O) groups is 1. The van der Waals surface area contributed by atoms with E-state index in [0.29, 0.717) is 17.1 Å². The summed E-state index contributed by atoms with van der Waals surface area (Å²) >= 11 is 6.30. The molecule has 2 heterocycles. The summed E-state index contributed by atoms with van der Waals surface area (Å²) in [5.41, 5.74) is 1.36. The van der Waals surface area contributed by atoms with Gasteiger partial charge in [-0.2, -0.15) is 5.10 Å². The third-order valence-corrected chi connectivity index (χ3v) is 4.65. The molecule has 1 aliphatic rings. The normalized spacial score (nSPS) is 18.7. The molecule has 0 N–H and O–H groups in total. The van der Waals surface area contributed by atoms with Gasteiger partial charge in [0.1, 0.15) is 5.82 Å². The number of hydrogen-bond acceptors (Lipinski definition) is 2. The van der Waals surface area contributed by atoms with Crippen molar-refractivity contribution in [3.8, 4) is 0 Å². The predicted molar refractivity (Wildman–Crippen MR) is 86.9 cm³/mol. The molecule has 23 heavy (non-hydrogen) atoms. The lowest BCUT2D eigenvalue weighted by atomic mass is 10.1. The number of carbonyl (C=O) groups excluding carboxylic acids is 1. The Morgan fingerprint density at radius 3 is 2.65 bits per heavy atom. The van der Waals surface area contributed by atoms with E-state index in [1.807, 2.05) is 11.9 Å². The van der Waals surface area contributed by atoms with Crippen LogP contribution in [0.2, 0.25) is 5.02 Å². The maximum Gasteiger partial charge on any atom is 0.254 e. The maximum atomic E-state index is 13.1. The highest BCUT2D eigenvalue weighted by Gasteiger charge is 2.31. The second kappa shape index (κ2) is 6.71. The molecule has 1 atom stereocenters. The number of rotatable bonds is 2. The molecule has 1 aromatic heterocycles. The largest absolute Gasteiger partial charge is 0.330 e. The SMILES string of the molecule is Cn1ncc(Cl)c1[C@H]1CCCCCN1C(=O)c1ccc(F)cc1. The van der Waals surface area contributed by atoms with Crippen LogP contribution in [0.25, 0.3) is 0 Å². The van der Waals surface area contributed by atoms with Crippen molar-refractivity contribution in [2.24, 2.45) is 7.05 Å². The van der Waals surface area contributed by atoms with Crippen molar-refractivity contribution in [1.82, 2.24) is 14.7 Å². The number of benzene rings is 1. The van der Waals surface area contributed by atoms with Gasteiger partial charge < -0.3 is 4.90 Å². The van der Waals surface area contributed by atoms with Crippen LogP contribution in [0.1, 0.15) is 47.8 Å². The monoisotopic (exact) mass is 335 g/mol. The summed E-state index contributed by atoms with van der Waals surface area (Å²) in [4.78, 5) is 14.8. The lowest BCUT2D eigenvalue weighted by Crippen LogP contribution is -2.35. The van der Waals surface area contributed by atoms with Crippen LogP contribution >= 0.6 is 11.6 Å². The number of halogens is 2. The van der Waals surface area contributed by atoms with E-state index in [4.69, 9.17) is 11.6 Å². The highest BCUT2D eigenvalue weighted by molar-refractivity contribution is 6.31. The molecule has 0 radical (unpaired) electrons. The van der Waals surface area contributed by atoms with Gasteiger partial charge in [0, 0.05) is 19.2 Å². The Hall–Kier alpha value is -1.88. The van der Waals surface area contributed by atoms with Gasteiger partial charge in [-0.15, -0.1) is 0 Å². The number of amides is 1. The Bertz CT molecular complexity index is 679. The van der Waals surface area contributed by atoms with E-state index in [0.717, 1.165) is 31.4 Å². The van der Waals surface area contributed by atoms with Gasteiger partial charge in [0.2, 0.25) is 0 Å². The lowest BCUT2D eigenvalue weighted by molar-refractivity contribution is 0.0673. The van der Waals surface area contributed by atoms with E-state index in [9.17, 15) is 9.18 Å². The van der Waals surface area contributed by atoms with E-state index in [2.05, 4.69) is 5.10 Å². The molecule has 0 unspecified atom stereocenters. The van der Waals surface area contributed by atoms with E-state index in [1.54, 1.807) is 10.9 Å². The first-order valence-corrected chi connectivity index (χ1v) is 8.19. The summed E-state index contributed by atoms with van der Waals surface area (Å²) < 4.78 is 14.8. The van der Waals surface area contributed by atoms with Gasteiger partial charge in [0.05, 0.1) is 23.0 Å². The van der Waals surface area contributed by atoms with Crippen LogP contribution in [-0.2, 0) is 7.05 Å². The number of hydrogen-bond donors (Lipinski definition) is 0. The smallest absolute Gasteiger partial charge is 0.254 e. The Morgan fingerprint density at radius 1 is 1.26 bits per heavy atom. The molecule has 0 bridgehead atoms. The van der Waals surface area contributed by atoms with E-state index in [1.165, 1.54) is 24.3 Å². The molecule has 122 valence electrons. The minimum absolute atomic E-state index is 0.0887. The van der Waals surface area contributed by atoms with Crippen molar-refractivity contribution >= 4 is 17.5 Å². The third-order valence-electron chi connectivity index (χ3n) is 4.36. The molecule has 4 nitrogen and oxygen atoms in total. The Labute approximate surface area is 139 Å². The van der Waals surface area contributed by atoms with Crippen molar-refractivity contribution in [1.29, 1.82) is 0 Å². The lowest BCUT2D eigenvalue weighted by Gasteiger charge is -2.30. The molecule has 0 spiro atoms. The van der Waals surface area contributed by atoms with E-state index >= 15 is 0 Å². The third kappa shape index (κ3) is 3.24. The standard InChI is InChI=1S/C17H19ClFN3O/c1-21-16(14(18)11-20-21)15-5-3-2-4-10-22(15)17(23)12-6-8-13(19)9-7-12/h6-9,11,15H,2-5,10H2,1H3/t15-/m1/s1. The fraction of sp³-hybridized carbons (Fsp3) is 0.412. The van der Waals surface area contributed by atoms with Crippen molar-refractivity contribution in [3.63, 3.8) is 0 Å². The molecule has 3 rings (SSSR count). The Morgan fingerprint density at radius 2 is 2.00 bits per heavy atom. The average Bonchev–Trinajstić information content (AvgIpc) is 2.75. The van der Waals surface area contributed by atoms with Crippen molar-refractivity contribution in [2.45, 2.75) is 31.7 Å². The Balaban J connectivity index is 1.96. The molecular formula is C17H19ClFN3O. The average molecular weight is 336 g/mol. The minimum Gasteiger partial charge on any atom is -0.330 e. The van der Waals surface area contributed by atoms with Crippen LogP contribution in [0.5, 0.6) is 0 Å². The molecule has 1 amide bonds. The molecule has 0 aliphatic carbocycles. The zero-order valence-corrected chi connectivity index (χ0v) is 13.8. The fourth-order valence-corrected chi connectivity index (χ4v) is 3.48. The first kappa shape index (κ1) is 16.0. The molecule has 6 heteroatoms. The fourth-order valence-electron chi connectivity index (χ4n) is 3.19. The van der Waals surface area contributed by atoms with Crippen LogP contribution in [0.4, 0.5) is 4.39 Å². The summed E-state index contributed by atoms with van der Waals surface area (Å²) in [7, 11) is 1.84. The van der Waals surface area contributed by atoms with Gasteiger partial charge >= 0.3 is 0 Å². The molecule has 1 aliphatic heterocycles. The summed E-state index contributed by atoms with van der Waals surface area (Å²) in [5, 5.41) is 4.78.